The maximum atomic E-state index is 12.4. The van der Waals surface area contributed by atoms with Crippen LogP contribution in [0.2, 0.25) is 0 Å². The van der Waals surface area contributed by atoms with E-state index in [0.717, 1.165) is 5.56 Å². The van der Waals surface area contributed by atoms with E-state index in [9.17, 15) is 8.42 Å². The Morgan fingerprint density at radius 3 is 2.28 bits per heavy atom. The van der Waals surface area contributed by atoms with Gasteiger partial charge in [-0.25, -0.2) is 8.42 Å². The third kappa shape index (κ3) is 3.94. The van der Waals surface area contributed by atoms with Gasteiger partial charge in [-0.05, 0) is 31.5 Å². The van der Waals surface area contributed by atoms with Crippen molar-refractivity contribution in [2.75, 3.05) is 10.0 Å². The first-order chi connectivity index (χ1) is 12.0. The van der Waals surface area contributed by atoms with Crippen LogP contribution in [-0.2, 0) is 16.6 Å². The van der Waals surface area contributed by atoms with E-state index in [1.165, 1.54) is 13.0 Å². The van der Waals surface area contributed by atoms with Crippen molar-refractivity contribution < 1.29 is 12.9 Å². The minimum atomic E-state index is -3.83. The van der Waals surface area contributed by atoms with Crippen molar-refractivity contribution in [3.05, 3.63) is 59.5 Å². The van der Waals surface area contributed by atoms with E-state index in [-0.39, 0.29) is 16.5 Å². The van der Waals surface area contributed by atoms with Crippen molar-refractivity contribution in [1.29, 1.82) is 0 Å². The van der Waals surface area contributed by atoms with Gasteiger partial charge in [-0.1, -0.05) is 35.5 Å². The van der Waals surface area contributed by atoms with Crippen LogP contribution in [0.15, 0.2) is 51.9 Å². The summed E-state index contributed by atoms with van der Waals surface area (Å²) in [6.07, 6.45) is 0. The molecule has 0 bridgehead atoms. The Balaban J connectivity index is 1.68. The third-order valence-corrected chi connectivity index (χ3v) is 5.05. The zero-order valence-electron chi connectivity index (χ0n) is 13.7. The summed E-state index contributed by atoms with van der Waals surface area (Å²) in [4.78, 5) is 0.0144. The number of anilines is 2. The summed E-state index contributed by atoms with van der Waals surface area (Å²) in [6.45, 7) is 3.70. The summed E-state index contributed by atoms with van der Waals surface area (Å²) >= 11 is 0. The predicted molar refractivity (Wildman–Crippen MR) is 92.6 cm³/mol. The average molecular weight is 359 g/mol. The molecule has 3 rings (SSSR count). The first-order valence-electron chi connectivity index (χ1n) is 7.53. The molecule has 0 aliphatic heterocycles. The van der Waals surface area contributed by atoms with Gasteiger partial charge < -0.3 is 9.84 Å². The van der Waals surface area contributed by atoms with Crippen LogP contribution in [0, 0.1) is 13.8 Å². The standard InChI is InChI=1S/C16H17N5O3S/c1-11-16(12(2)24-20-11)25(22,23)21-15-9-8-14(18-19-15)17-10-13-6-4-3-5-7-13/h3-9H,10H2,1-2H3,(H,17,18)(H,19,21). The van der Waals surface area contributed by atoms with Crippen LogP contribution >= 0.6 is 0 Å². The van der Waals surface area contributed by atoms with Crippen molar-refractivity contribution in [3.8, 4) is 0 Å². The number of nitrogens with one attached hydrogen (secondary N) is 2. The van der Waals surface area contributed by atoms with E-state index in [0.29, 0.717) is 18.1 Å². The number of sulfonamides is 1. The lowest BCUT2D eigenvalue weighted by Gasteiger charge is -2.08. The van der Waals surface area contributed by atoms with Crippen molar-refractivity contribution >= 4 is 21.7 Å². The van der Waals surface area contributed by atoms with Crippen molar-refractivity contribution in [3.63, 3.8) is 0 Å². The average Bonchev–Trinajstić information content (AvgIpc) is 2.94. The highest BCUT2D eigenvalue weighted by Crippen LogP contribution is 2.21. The summed E-state index contributed by atoms with van der Waals surface area (Å²) in [7, 11) is -3.83. The number of rotatable bonds is 6. The summed E-state index contributed by atoms with van der Waals surface area (Å²) in [5, 5.41) is 14.6. The lowest BCUT2D eigenvalue weighted by molar-refractivity contribution is 0.390. The van der Waals surface area contributed by atoms with E-state index in [1.54, 1.807) is 13.0 Å². The number of aryl methyl sites for hydroxylation is 2. The molecule has 25 heavy (non-hydrogen) atoms. The lowest BCUT2D eigenvalue weighted by Crippen LogP contribution is -2.16. The van der Waals surface area contributed by atoms with Gasteiger partial charge in [0.2, 0.25) is 0 Å². The molecule has 2 N–H and O–H groups in total. The largest absolute Gasteiger partial charge is 0.365 e. The second-order valence-corrected chi connectivity index (χ2v) is 7.02. The number of benzene rings is 1. The Morgan fingerprint density at radius 1 is 1.00 bits per heavy atom. The molecule has 2 heterocycles. The Kier molecular flexibility index (Phi) is 4.66. The highest BCUT2D eigenvalue weighted by atomic mass is 32.2. The normalized spacial score (nSPS) is 11.3. The highest BCUT2D eigenvalue weighted by Gasteiger charge is 2.24. The molecule has 130 valence electrons. The Morgan fingerprint density at radius 2 is 1.68 bits per heavy atom. The second-order valence-electron chi connectivity index (χ2n) is 5.40. The fourth-order valence-electron chi connectivity index (χ4n) is 2.32. The fraction of sp³-hybridized carbons (Fsp3) is 0.188. The fourth-order valence-corrected chi connectivity index (χ4v) is 3.64. The maximum absolute atomic E-state index is 12.4. The van der Waals surface area contributed by atoms with Gasteiger partial charge in [0.25, 0.3) is 10.0 Å². The molecule has 0 atom stereocenters. The highest BCUT2D eigenvalue weighted by molar-refractivity contribution is 7.92. The van der Waals surface area contributed by atoms with Gasteiger partial charge in [0.05, 0.1) is 0 Å². The Bertz CT molecular complexity index is 934. The molecule has 0 fully saturated rings. The number of nitrogens with zero attached hydrogens (tertiary/aromatic N) is 3. The molecule has 8 nitrogen and oxygen atoms in total. The molecule has 3 aromatic rings. The van der Waals surface area contributed by atoms with Crippen LogP contribution in [0.5, 0.6) is 0 Å². The first-order valence-corrected chi connectivity index (χ1v) is 9.01. The zero-order chi connectivity index (χ0) is 17.9. The van der Waals surface area contributed by atoms with Crippen LogP contribution in [0.4, 0.5) is 11.6 Å². The molecule has 2 aromatic heterocycles. The van der Waals surface area contributed by atoms with Crippen LogP contribution in [0.25, 0.3) is 0 Å². The van der Waals surface area contributed by atoms with Gasteiger partial charge in [0, 0.05) is 6.54 Å². The molecule has 9 heteroatoms. The van der Waals surface area contributed by atoms with Gasteiger partial charge in [0.1, 0.15) is 11.5 Å². The summed E-state index contributed by atoms with van der Waals surface area (Å²) in [6, 6.07) is 13.0. The van der Waals surface area contributed by atoms with Crippen molar-refractivity contribution in [2.24, 2.45) is 0 Å². The molecular formula is C16H17N5O3S. The Labute approximate surface area is 145 Å². The molecular weight excluding hydrogens is 342 g/mol. The number of hydrogen-bond donors (Lipinski definition) is 2. The van der Waals surface area contributed by atoms with Gasteiger partial charge in [0.15, 0.2) is 16.5 Å². The van der Waals surface area contributed by atoms with E-state index in [4.69, 9.17) is 4.52 Å². The van der Waals surface area contributed by atoms with Crippen LogP contribution < -0.4 is 10.0 Å². The van der Waals surface area contributed by atoms with E-state index < -0.39 is 10.0 Å². The van der Waals surface area contributed by atoms with Gasteiger partial charge in [-0.15, -0.1) is 10.2 Å². The molecule has 0 radical (unpaired) electrons. The lowest BCUT2D eigenvalue weighted by atomic mass is 10.2. The SMILES string of the molecule is Cc1noc(C)c1S(=O)(=O)Nc1ccc(NCc2ccccc2)nn1. The van der Waals surface area contributed by atoms with Crippen LogP contribution in [0.1, 0.15) is 17.0 Å². The summed E-state index contributed by atoms with van der Waals surface area (Å²) in [5.41, 5.74) is 1.39. The van der Waals surface area contributed by atoms with E-state index in [2.05, 4.69) is 25.4 Å². The first kappa shape index (κ1) is 16.9. The Hall–Kier alpha value is -2.94. The van der Waals surface area contributed by atoms with E-state index >= 15 is 0 Å². The van der Waals surface area contributed by atoms with Crippen LogP contribution in [0.3, 0.4) is 0 Å². The minimum Gasteiger partial charge on any atom is -0.365 e. The molecule has 0 unspecified atom stereocenters. The molecule has 1 aromatic carbocycles. The van der Waals surface area contributed by atoms with Gasteiger partial charge in [-0.3, -0.25) is 4.72 Å². The second kappa shape index (κ2) is 6.89. The van der Waals surface area contributed by atoms with Crippen molar-refractivity contribution in [2.45, 2.75) is 25.3 Å². The van der Waals surface area contributed by atoms with E-state index in [1.807, 2.05) is 30.3 Å². The molecule has 0 amide bonds. The number of aromatic nitrogens is 3. The molecule has 0 aliphatic rings. The van der Waals surface area contributed by atoms with Gasteiger partial charge >= 0.3 is 0 Å². The quantitative estimate of drug-likeness (QED) is 0.695. The van der Waals surface area contributed by atoms with Crippen molar-refractivity contribution in [1.82, 2.24) is 15.4 Å². The third-order valence-electron chi connectivity index (χ3n) is 3.46. The molecule has 0 aliphatic carbocycles. The van der Waals surface area contributed by atoms with Crippen LogP contribution in [-0.4, -0.2) is 23.8 Å². The maximum Gasteiger partial charge on any atom is 0.268 e. The summed E-state index contributed by atoms with van der Waals surface area (Å²) in [5.74, 6) is 0.883. The topological polar surface area (TPSA) is 110 Å². The molecule has 0 spiro atoms. The smallest absolute Gasteiger partial charge is 0.268 e. The predicted octanol–water partition coefficient (Wildman–Crippen LogP) is 2.49. The zero-order valence-corrected chi connectivity index (χ0v) is 14.5. The monoisotopic (exact) mass is 359 g/mol. The van der Waals surface area contributed by atoms with Gasteiger partial charge in [-0.2, -0.15) is 0 Å². The summed E-state index contributed by atoms with van der Waals surface area (Å²) < 4.78 is 32.1. The molecule has 0 saturated heterocycles. The number of hydrogen-bond acceptors (Lipinski definition) is 7. The minimum absolute atomic E-state index is 0.0144. The molecule has 0 saturated carbocycles.